The smallest absolute Gasteiger partial charge is 0.149 e. The third kappa shape index (κ3) is 1.35. The van der Waals surface area contributed by atoms with Crippen molar-refractivity contribution in [1.29, 1.82) is 0 Å². The van der Waals surface area contributed by atoms with Gasteiger partial charge in [-0.15, -0.1) is 0 Å². The Morgan fingerprint density at radius 3 is 2.64 bits per heavy atom. The highest BCUT2D eigenvalue weighted by Gasteiger charge is 2.11. The normalized spacial score (nSPS) is 10.9. The summed E-state index contributed by atoms with van der Waals surface area (Å²) in [4.78, 5) is 4.04. The van der Waals surface area contributed by atoms with Crippen LogP contribution in [0.5, 0.6) is 0 Å². The van der Waals surface area contributed by atoms with Gasteiger partial charge in [0.25, 0.3) is 0 Å². The van der Waals surface area contributed by atoms with E-state index in [1.807, 2.05) is 0 Å². The molecule has 0 bridgehead atoms. The van der Waals surface area contributed by atoms with E-state index in [2.05, 4.69) is 4.98 Å². The van der Waals surface area contributed by atoms with Crippen molar-refractivity contribution in [2.24, 2.45) is 0 Å². The second-order valence-electron chi connectivity index (χ2n) is 2.96. The molecule has 0 fully saturated rings. The Morgan fingerprint density at radius 2 is 1.93 bits per heavy atom. The van der Waals surface area contributed by atoms with E-state index in [0.29, 0.717) is 21.1 Å². The Hall–Kier alpha value is -0.860. The fourth-order valence-corrected chi connectivity index (χ4v) is 1.73. The highest BCUT2D eigenvalue weighted by molar-refractivity contribution is 6.45. The number of nitrogens with zero attached hydrogens (tertiary/aromatic N) is 1. The molecule has 1 nitrogen and oxygen atoms in total. The quantitative estimate of drug-likeness (QED) is 0.666. The van der Waals surface area contributed by atoms with Crippen molar-refractivity contribution < 1.29 is 4.39 Å². The van der Waals surface area contributed by atoms with Crippen molar-refractivity contribution in [2.45, 2.75) is 6.92 Å². The molecule has 0 spiro atoms. The highest BCUT2D eigenvalue weighted by atomic mass is 35.5. The lowest BCUT2D eigenvalue weighted by Crippen LogP contribution is -1.90. The maximum atomic E-state index is 13.3. The van der Waals surface area contributed by atoms with Crippen LogP contribution in [0.25, 0.3) is 10.9 Å². The Morgan fingerprint density at radius 1 is 1.21 bits per heavy atom. The zero-order valence-electron chi connectivity index (χ0n) is 7.31. The van der Waals surface area contributed by atoms with E-state index in [9.17, 15) is 4.39 Å². The van der Waals surface area contributed by atoms with E-state index in [1.165, 1.54) is 6.07 Å². The number of hydrogen-bond donors (Lipinski definition) is 0. The van der Waals surface area contributed by atoms with Crippen LogP contribution in [0.2, 0.25) is 10.0 Å². The van der Waals surface area contributed by atoms with Gasteiger partial charge in [0, 0.05) is 5.39 Å². The van der Waals surface area contributed by atoms with Crippen LogP contribution >= 0.6 is 23.2 Å². The largest absolute Gasteiger partial charge is 0.248 e. The molecule has 0 saturated carbocycles. The van der Waals surface area contributed by atoms with Crippen LogP contribution in [0, 0.1) is 12.7 Å². The molecule has 0 amide bonds. The third-order valence-electron chi connectivity index (χ3n) is 2.01. The number of benzene rings is 1. The van der Waals surface area contributed by atoms with Gasteiger partial charge in [0.05, 0.1) is 15.7 Å². The summed E-state index contributed by atoms with van der Waals surface area (Å²) in [5.41, 5.74) is 0.800. The van der Waals surface area contributed by atoms with Crippen LogP contribution in [0.1, 0.15) is 5.69 Å². The minimum Gasteiger partial charge on any atom is -0.248 e. The Labute approximate surface area is 90.5 Å². The van der Waals surface area contributed by atoms with Crippen molar-refractivity contribution in [3.05, 3.63) is 39.8 Å². The second kappa shape index (κ2) is 3.37. The molecule has 14 heavy (non-hydrogen) atoms. The molecule has 0 aliphatic heterocycles. The average Bonchev–Trinajstić information content (AvgIpc) is 2.17. The topological polar surface area (TPSA) is 12.9 Å². The zero-order chi connectivity index (χ0) is 10.3. The minimum atomic E-state index is -0.385. The van der Waals surface area contributed by atoms with Gasteiger partial charge in [-0.3, -0.25) is 0 Å². The molecule has 1 aromatic carbocycles. The van der Waals surface area contributed by atoms with Gasteiger partial charge in [-0.25, -0.2) is 9.37 Å². The number of para-hydroxylation sites is 1. The van der Waals surface area contributed by atoms with Gasteiger partial charge in [-0.2, -0.15) is 0 Å². The fourth-order valence-electron chi connectivity index (χ4n) is 1.30. The molecular weight excluding hydrogens is 224 g/mol. The summed E-state index contributed by atoms with van der Waals surface area (Å²) in [5, 5.41) is 1.28. The highest BCUT2D eigenvalue weighted by Crippen LogP contribution is 2.32. The first-order valence-electron chi connectivity index (χ1n) is 4.01. The van der Waals surface area contributed by atoms with Crippen LogP contribution in [0.15, 0.2) is 18.2 Å². The lowest BCUT2D eigenvalue weighted by atomic mass is 10.2. The summed E-state index contributed by atoms with van der Waals surface area (Å²) in [6.45, 7) is 1.69. The lowest BCUT2D eigenvalue weighted by Gasteiger charge is -2.05. The van der Waals surface area contributed by atoms with Crippen LogP contribution in [0.4, 0.5) is 4.39 Å². The summed E-state index contributed by atoms with van der Waals surface area (Å²) in [5.74, 6) is -0.385. The van der Waals surface area contributed by atoms with Crippen molar-refractivity contribution in [3.8, 4) is 0 Å². The number of aryl methyl sites for hydroxylation is 1. The molecule has 0 aliphatic carbocycles. The van der Waals surface area contributed by atoms with E-state index < -0.39 is 0 Å². The number of aromatic nitrogens is 1. The average molecular weight is 230 g/mol. The molecule has 4 heteroatoms. The maximum Gasteiger partial charge on any atom is 0.149 e. The number of fused-ring (bicyclic) bond motifs is 1. The van der Waals surface area contributed by atoms with Gasteiger partial charge in [0.15, 0.2) is 0 Å². The SMILES string of the molecule is Cc1nc2c(F)cccc2c(Cl)c1Cl. The summed E-state index contributed by atoms with van der Waals surface area (Å²) >= 11 is 11.9. The molecule has 0 atom stereocenters. The maximum absolute atomic E-state index is 13.3. The van der Waals surface area contributed by atoms with Crippen LogP contribution in [-0.4, -0.2) is 4.98 Å². The molecule has 0 unspecified atom stereocenters. The fraction of sp³-hybridized carbons (Fsp3) is 0.100. The van der Waals surface area contributed by atoms with E-state index in [4.69, 9.17) is 23.2 Å². The first kappa shape index (κ1) is 9.69. The van der Waals surface area contributed by atoms with Gasteiger partial charge >= 0.3 is 0 Å². The second-order valence-corrected chi connectivity index (χ2v) is 3.72. The van der Waals surface area contributed by atoms with E-state index in [-0.39, 0.29) is 11.3 Å². The van der Waals surface area contributed by atoms with Gasteiger partial charge in [0.2, 0.25) is 0 Å². The molecule has 0 saturated heterocycles. The number of pyridine rings is 1. The first-order chi connectivity index (χ1) is 6.61. The van der Waals surface area contributed by atoms with Gasteiger partial charge in [0.1, 0.15) is 11.3 Å². The van der Waals surface area contributed by atoms with Crippen LogP contribution in [-0.2, 0) is 0 Å². The molecule has 0 N–H and O–H groups in total. The van der Waals surface area contributed by atoms with E-state index in [0.717, 1.165) is 0 Å². The minimum absolute atomic E-state index is 0.263. The van der Waals surface area contributed by atoms with Gasteiger partial charge in [-0.05, 0) is 13.0 Å². The van der Waals surface area contributed by atoms with Crippen molar-refractivity contribution in [3.63, 3.8) is 0 Å². The predicted molar refractivity (Wildman–Crippen MR) is 56.5 cm³/mol. The van der Waals surface area contributed by atoms with E-state index in [1.54, 1.807) is 19.1 Å². The van der Waals surface area contributed by atoms with Crippen LogP contribution in [0.3, 0.4) is 0 Å². The third-order valence-corrected chi connectivity index (χ3v) is 2.96. The standard InChI is InChI=1S/C10H6Cl2FN/c1-5-8(11)9(12)6-3-2-4-7(13)10(6)14-5/h2-4H,1H3. The summed E-state index contributed by atoms with van der Waals surface area (Å²) in [6, 6.07) is 4.62. The molecule has 2 rings (SSSR count). The number of rotatable bonds is 0. The molecule has 1 heterocycles. The summed E-state index contributed by atoms with van der Waals surface area (Å²) in [6.07, 6.45) is 0. The van der Waals surface area contributed by atoms with Crippen molar-refractivity contribution in [2.75, 3.05) is 0 Å². The molecular formula is C10H6Cl2FN. The molecule has 1 aromatic heterocycles. The number of halogens is 3. The zero-order valence-corrected chi connectivity index (χ0v) is 8.83. The molecule has 0 aliphatic rings. The molecule has 72 valence electrons. The summed E-state index contributed by atoms with van der Waals surface area (Å²) < 4.78 is 13.3. The lowest BCUT2D eigenvalue weighted by molar-refractivity contribution is 0.636. The number of hydrogen-bond acceptors (Lipinski definition) is 1. The monoisotopic (exact) mass is 229 g/mol. The molecule has 2 aromatic rings. The van der Waals surface area contributed by atoms with Crippen LogP contribution < -0.4 is 0 Å². The van der Waals surface area contributed by atoms with Crippen molar-refractivity contribution >= 4 is 34.1 Å². The van der Waals surface area contributed by atoms with Gasteiger partial charge < -0.3 is 0 Å². The Balaban J connectivity index is 2.98. The first-order valence-corrected chi connectivity index (χ1v) is 4.76. The molecule has 0 radical (unpaired) electrons. The predicted octanol–water partition coefficient (Wildman–Crippen LogP) is 3.99. The van der Waals surface area contributed by atoms with Gasteiger partial charge in [-0.1, -0.05) is 35.3 Å². The van der Waals surface area contributed by atoms with E-state index >= 15 is 0 Å². The summed E-state index contributed by atoms with van der Waals surface area (Å²) in [7, 11) is 0. The Bertz CT molecular complexity index is 511. The Kier molecular flexibility index (Phi) is 2.33. The van der Waals surface area contributed by atoms with Crippen molar-refractivity contribution in [1.82, 2.24) is 4.98 Å².